The fraction of sp³-hybridized carbons (Fsp3) is 0. The fourth-order valence-corrected chi connectivity index (χ4v) is 14.6. The van der Waals surface area contributed by atoms with E-state index in [4.69, 9.17) is 9.40 Å². The number of nitrogens with zero attached hydrogens (tertiary/aromatic N) is 5. The van der Waals surface area contributed by atoms with Crippen LogP contribution in [0.15, 0.2) is 302 Å². The number of hydrogen-bond donors (Lipinski definition) is 0. The van der Waals surface area contributed by atoms with Gasteiger partial charge < -0.3 is 24.0 Å². The Balaban J connectivity index is 0.823. The Hall–Kier alpha value is -11.1. The van der Waals surface area contributed by atoms with Gasteiger partial charge in [0.2, 0.25) is 0 Å². The second-order valence-corrected chi connectivity index (χ2v) is 22.5. The number of pyridine rings is 1. The molecule has 85 heavy (non-hydrogen) atoms. The SMILES string of the molecule is c1ccc(N2c3ccc(-c4cccc(N5c6ccccc6B6c7cccc(-c8ccccn8)c7N(c7ccccc7)c7cccc5c76)c4)cc3B3c4cccc(-c5ccc6c(c5)oc5ccccc56)c4N(c4ccccc4)c4cccc2c43)cc1. The van der Waals surface area contributed by atoms with E-state index in [1.165, 1.54) is 55.5 Å². The van der Waals surface area contributed by atoms with Crippen LogP contribution < -0.4 is 52.4 Å². The Labute approximate surface area is 493 Å². The van der Waals surface area contributed by atoms with Crippen LogP contribution in [0.1, 0.15) is 0 Å². The summed E-state index contributed by atoms with van der Waals surface area (Å²) in [5, 5.41) is 2.24. The molecule has 14 aromatic rings. The maximum absolute atomic E-state index is 6.57. The van der Waals surface area contributed by atoms with Gasteiger partial charge in [-0.25, -0.2) is 0 Å². The van der Waals surface area contributed by atoms with E-state index < -0.39 is 0 Å². The highest BCUT2D eigenvalue weighted by atomic mass is 16.3. The second-order valence-electron chi connectivity index (χ2n) is 22.5. The van der Waals surface area contributed by atoms with Crippen molar-refractivity contribution in [2.24, 2.45) is 0 Å². The summed E-state index contributed by atoms with van der Waals surface area (Å²) in [6, 6.07) is 107. The highest BCUT2D eigenvalue weighted by Crippen LogP contribution is 2.50. The van der Waals surface area contributed by atoms with E-state index in [9.17, 15) is 0 Å². The van der Waals surface area contributed by atoms with Crippen molar-refractivity contribution in [2.75, 3.05) is 19.6 Å². The molecule has 18 rings (SSSR count). The van der Waals surface area contributed by atoms with Crippen LogP contribution in [0.2, 0.25) is 0 Å². The molecule has 6 nitrogen and oxygen atoms in total. The summed E-state index contributed by atoms with van der Waals surface area (Å²) in [7, 11) is 0. The number of aromatic nitrogens is 1. The minimum atomic E-state index is -0.107. The summed E-state index contributed by atoms with van der Waals surface area (Å²) in [6.07, 6.45) is 1.90. The Kier molecular flexibility index (Phi) is 10.5. The maximum atomic E-state index is 6.57. The number of hydrogen-bond acceptors (Lipinski definition) is 6. The smallest absolute Gasteiger partial charge is 0.252 e. The molecular weight excluding hydrogens is 1030 g/mol. The average molecular weight is 1080 g/mol. The fourth-order valence-electron chi connectivity index (χ4n) is 14.6. The molecule has 0 bridgehead atoms. The largest absolute Gasteiger partial charge is 0.456 e. The van der Waals surface area contributed by atoms with Gasteiger partial charge in [-0.15, -0.1) is 0 Å². The number of benzene rings is 12. The molecule has 0 atom stereocenters. The molecule has 0 saturated carbocycles. The molecule has 0 saturated heterocycles. The molecule has 0 fully saturated rings. The van der Waals surface area contributed by atoms with Gasteiger partial charge in [0.1, 0.15) is 11.2 Å². The third-order valence-electron chi connectivity index (χ3n) is 18.0. The lowest BCUT2D eigenvalue weighted by molar-refractivity contribution is 0.669. The summed E-state index contributed by atoms with van der Waals surface area (Å²) < 4.78 is 6.57. The minimum absolute atomic E-state index is 0.0219. The van der Waals surface area contributed by atoms with E-state index in [0.717, 1.165) is 101 Å². The molecule has 0 aliphatic carbocycles. The lowest BCUT2D eigenvalue weighted by Crippen LogP contribution is -2.61. The van der Waals surface area contributed by atoms with Crippen molar-refractivity contribution in [1.82, 2.24) is 4.98 Å². The minimum Gasteiger partial charge on any atom is -0.456 e. The maximum Gasteiger partial charge on any atom is 0.252 e. The first-order valence-corrected chi connectivity index (χ1v) is 29.3. The zero-order valence-electron chi connectivity index (χ0n) is 46.1. The van der Waals surface area contributed by atoms with Crippen LogP contribution in [0.25, 0.3) is 55.4 Å². The van der Waals surface area contributed by atoms with Crippen LogP contribution in [0, 0.1) is 0 Å². The van der Waals surface area contributed by atoms with Gasteiger partial charge in [0.05, 0.1) is 11.4 Å². The molecule has 6 heterocycles. The van der Waals surface area contributed by atoms with E-state index in [1.54, 1.807) is 0 Å². The Bertz CT molecular complexity index is 5010. The van der Waals surface area contributed by atoms with Gasteiger partial charge in [-0.2, -0.15) is 0 Å². The topological polar surface area (TPSA) is 39.0 Å². The van der Waals surface area contributed by atoms with Crippen molar-refractivity contribution in [3.05, 3.63) is 297 Å². The van der Waals surface area contributed by atoms with Gasteiger partial charge >= 0.3 is 0 Å². The molecule has 0 radical (unpaired) electrons. The van der Waals surface area contributed by atoms with Crippen molar-refractivity contribution in [2.45, 2.75) is 0 Å². The van der Waals surface area contributed by atoms with E-state index in [2.05, 4.69) is 299 Å². The van der Waals surface area contributed by atoms with Gasteiger partial charge in [0, 0.05) is 90.7 Å². The first kappa shape index (κ1) is 47.5. The van der Waals surface area contributed by atoms with Crippen LogP contribution in [-0.2, 0) is 0 Å². The van der Waals surface area contributed by atoms with E-state index in [-0.39, 0.29) is 13.4 Å². The lowest BCUT2D eigenvalue weighted by atomic mass is 9.33. The van der Waals surface area contributed by atoms with Gasteiger partial charge in [0.25, 0.3) is 13.4 Å². The first-order valence-electron chi connectivity index (χ1n) is 29.3. The molecular formula is C77H49B2N5O. The molecule has 0 amide bonds. The van der Waals surface area contributed by atoms with Crippen molar-refractivity contribution in [1.29, 1.82) is 0 Å². The summed E-state index contributed by atoms with van der Waals surface area (Å²) in [5.74, 6) is 0. The van der Waals surface area contributed by atoms with E-state index >= 15 is 0 Å². The van der Waals surface area contributed by atoms with Crippen molar-refractivity contribution >= 4 is 136 Å². The average Bonchev–Trinajstić information content (AvgIpc) is 1.65. The Morgan fingerprint density at radius 1 is 0.282 bits per heavy atom. The van der Waals surface area contributed by atoms with Gasteiger partial charge in [-0.3, -0.25) is 4.98 Å². The summed E-state index contributed by atoms with van der Waals surface area (Å²) in [6.45, 7) is -0.129. The number of fused-ring (bicyclic) bond motifs is 11. The summed E-state index contributed by atoms with van der Waals surface area (Å²) >= 11 is 0. The summed E-state index contributed by atoms with van der Waals surface area (Å²) in [5.41, 5.74) is 29.7. The monoisotopic (exact) mass is 1080 g/mol. The molecule has 0 unspecified atom stereocenters. The van der Waals surface area contributed by atoms with E-state index in [0.29, 0.717) is 0 Å². The zero-order valence-corrected chi connectivity index (χ0v) is 46.1. The quantitative estimate of drug-likeness (QED) is 0.148. The van der Waals surface area contributed by atoms with Crippen LogP contribution in [-0.4, -0.2) is 18.4 Å². The predicted molar refractivity (Wildman–Crippen MR) is 356 cm³/mol. The normalized spacial score (nSPS) is 13.3. The second kappa shape index (κ2) is 18.7. The lowest BCUT2D eigenvalue weighted by Gasteiger charge is -2.45. The highest BCUT2D eigenvalue weighted by molar-refractivity contribution is 7.01. The number of furan rings is 1. The summed E-state index contributed by atoms with van der Waals surface area (Å²) in [4.78, 5) is 14.9. The van der Waals surface area contributed by atoms with Crippen molar-refractivity contribution in [3.8, 4) is 33.5 Å². The third kappa shape index (κ3) is 7.12. The van der Waals surface area contributed by atoms with E-state index in [1.807, 2.05) is 18.3 Å². The van der Waals surface area contributed by atoms with Crippen LogP contribution >= 0.6 is 0 Å². The van der Waals surface area contributed by atoms with Crippen molar-refractivity contribution in [3.63, 3.8) is 0 Å². The molecule has 0 N–H and O–H groups in total. The highest BCUT2D eigenvalue weighted by Gasteiger charge is 2.46. The third-order valence-corrected chi connectivity index (χ3v) is 18.0. The predicted octanol–water partition coefficient (Wildman–Crippen LogP) is 16.1. The molecule has 394 valence electrons. The number of para-hydroxylation sites is 7. The number of rotatable bonds is 7. The van der Waals surface area contributed by atoms with Gasteiger partial charge in [-0.05, 0) is 165 Å². The standard InChI is InChI=1S/C77H49B2N5O/c1-4-22-53(23-5-1)81-67-45-43-51(48-64(67)79-62-33-17-30-57(52-42-44-59-58-29-10-13-41-72(58)85-73(59)49-52)76(62)83(54-24-6-2-7-25-54)71-40-19-37-68(81)75(71)79)50-21-16-28-56(47-50)82-66-36-12-11-32-61(66)78-63-34-18-31-60(65-35-14-15-46-80-65)77(63)84(55-26-8-3-9-27-55)70-39-20-38-69(82)74(70)78/h1-49H. The molecule has 8 heteroatoms. The Morgan fingerprint density at radius 2 is 0.765 bits per heavy atom. The zero-order chi connectivity index (χ0) is 55.7. The molecule has 4 aliphatic rings. The van der Waals surface area contributed by atoms with Crippen LogP contribution in [0.3, 0.4) is 0 Å². The molecule has 4 aliphatic heterocycles. The van der Waals surface area contributed by atoms with Crippen LogP contribution in [0.4, 0.5) is 68.2 Å². The molecule has 12 aromatic carbocycles. The van der Waals surface area contributed by atoms with Crippen LogP contribution in [0.5, 0.6) is 0 Å². The molecule has 2 aromatic heterocycles. The van der Waals surface area contributed by atoms with Crippen molar-refractivity contribution < 1.29 is 4.42 Å². The first-order chi connectivity index (χ1) is 42.2. The van der Waals surface area contributed by atoms with Gasteiger partial charge in [-0.1, -0.05) is 176 Å². The number of anilines is 12. The Morgan fingerprint density at radius 3 is 1.46 bits per heavy atom. The molecule has 0 spiro atoms. The van der Waals surface area contributed by atoms with Gasteiger partial charge in [0.15, 0.2) is 0 Å².